The zero-order chi connectivity index (χ0) is 28.8. The van der Waals surface area contributed by atoms with Gasteiger partial charge in [0.05, 0.1) is 11.5 Å². The van der Waals surface area contributed by atoms with Gasteiger partial charge in [-0.15, -0.1) is 0 Å². The van der Waals surface area contributed by atoms with Crippen molar-refractivity contribution < 1.29 is 28.2 Å². The van der Waals surface area contributed by atoms with Crippen LogP contribution in [-0.4, -0.2) is 66.2 Å². The molecule has 0 atom stereocenters. The first kappa shape index (κ1) is 28.2. The summed E-state index contributed by atoms with van der Waals surface area (Å²) in [5.74, 6) is -0.158. The van der Waals surface area contributed by atoms with Gasteiger partial charge in [-0.25, -0.2) is 4.39 Å². The van der Waals surface area contributed by atoms with E-state index in [-0.39, 0.29) is 29.8 Å². The maximum atomic E-state index is 13.5. The van der Waals surface area contributed by atoms with Crippen LogP contribution in [0.4, 0.5) is 14.9 Å². The minimum Gasteiger partial charge on any atom is -0.490 e. The van der Waals surface area contributed by atoms with Crippen LogP contribution in [-0.2, 0) is 16.2 Å². The summed E-state index contributed by atoms with van der Waals surface area (Å²) in [7, 11) is 0. The third-order valence-corrected chi connectivity index (χ3v) is 7.68. The number of thioether (sulfide) groups is 1. The summed E-state index contributed by atoms with van der Waals surface area (Å²) in [5.41, 5.74) is 2.42. The normalized spacial score (nSPS) is 16.4. The van der Waals surface area contributed by atoms with Crippen LogP contribution in [0, 0.1) is 5.82 Å². The predicted octanol–water partition coefficient (Wildman–Crippen LogP) is 5.19. The Kier molecular flexibility index (Phi) is 8.88. The molecule has 2 saturated heterocycles. The third kappa shape index (κ3) is 6.89. The van der Waals surface area contributed by atoms with Crippen LogP contribution in [0.25, 0.3) is 6.08 Å². The topological polar surface area (TPSA) is 79.4 Å². The molecule has 2 aliphatic heterocycles. The summed E-state index contributed by atoms with van der Waals surface area (Å²) < 4.78 is 25.1. The Hall–Kier alpha value is -4.31. The molecule has 0 unspecified atom stereocenters. The average molecular weight is 576 g/mol. The molecule has 3 aromatic rings. The van der Waals surface area contributed by atoms with E-state index < -0.39 is 11.1 Å². The van der Waals surface area contributed by atoms with Crippen molar-refractivity contribution in [2.45, 2.75) is 13.5 Å². The molecule has 5 rings (SSSR count). The lowest BCUT2D eigenvalue weighted by Gasteiger charge is -2.36. The van der Waals surface area contributed by atoms with Crippen molar-refractivity contribution in [1.82, 2.24) is 9.80 Å². The second-order valence-corrected chi connectivity index (χ2v) is 10.5. The minimum absolute atomic E-state index is 0.158. The van der Waals surface area contributed by atoms with Gasteiger partial charge in [-0.05, 0) is 72.3 Å². The van der Waals surface area contributed by atoms with E-state index in [9.17, 15) is 18.8 Å². The molecule has 41 heavy (non-hydrogen) atoms. The maximum Gasteiger partial charge on any atom is 0.294 e. The summed E-state index contributed by atoms with van der Waals surface area (Å²) in [6, 6.07) is 21.3. The molecule has 0 spiro atoms. The number of hydrogen-bond acceptors (Lipinski definition) is 7. The number of ether oxygens (including phenoxy) is 2. The van der Waals surface area contributed by atoms with Crippen LogP contribution in [0.3, 0.4) is 0 Å². The van der Waals surface area contributed by atoms with Gasteiger partial charge in [0.2, 0.25) is 5.91 Å². The molecule has 3 amide bonds. The molecule has 212 valence electrons. The summed E-state index contributed by atoms with van der Waals surface area (Å²) in [5, 5.41) is -0.474. The van der Waals surface area contributed by atoms with E-state index in [0.29, 0.717) is 55.4 Å². The number of rotatable bonds is 9. The lowest BCUT2D eigenvalue weighted by Crippen LogP contribution is -2.51. The number of hydrogen-bond donors (Lipinski definition) is 0. The number of para-hydroxylation sites is 1. The van der Waals surface area contributed by atoms with Gasteiger partial charge < -0.3 is 19.3 Å². The second kappa shape index (κ2) is 12.9. The molecule has 2 heterocycles. The van der Waals surface area contributed by atoms with Crippen LogP contribution in [0.1, 0.15) is 18.1 Å². The van der Waals surface area contributed by atoms with Crippen LogP contribution < -0.4 is 14.4 Å². The number of benzene rings is 3. The molecule has 0 saturated carbocycles. The molecule has 10 heteroatoms. The van der Waals surface area contributed by atoms with Gasteiger partial charge in [-0.2, -0.15) is 0 Å². The Morgan fingerprint density at radius 1 is 0.927 bits per heavy atom. The highest BCUT2D eigenvalue weighted by Crippen LogP contribution is 2.35. The lowest BCUT2D eigenvalue weighted by molar-refractivity contribution is -0.136. The number of nitrogens with zero attached hydrogens (tertiary/aromatic N) is 3. The molecule has 0 aromatic heterocycles. The van der Waals surface area contributed by atoms with Crippen molar-refractivity contribution in [3.63, 3.8) is 0 Å². The van der Waals surface area contributed by atoms with Crippen LogP contribution in [0.5, 0.6) is 11.5 Å². The highest BCUT2D eigenvalue weighted by atomic mass is 32.2. The highest BCUT2D eigenvalue weighted by molar-refractivity contribution is 8.18. The smallest absolute Gasteiger partial charge is 0.294 e. The average Bonchev–Trinajstić information content (AvgIpc) is 3.24. The zero-order valence-electron chi connectivity index (χ0n) is 22.6. The SMILES string of the molecule is CCOc1cc(/C=C2/SC(=O)N(CC(=O)N3CCN(c4ccccc4)CC3)C2=O)ccc1OCc1cccc(F)c1. The number of imide groups is 1. The van der Waals surface area contributed by atoms with E-state index in [1.165, 1.54) is 12.1 Å². The number of piperazine rings is 1. The van der Waals surface area contributed by atoms with Crippen LogP contribution >= 0.6 is 11.8 Å². The van der Waals surface area contributed by atoms with Crippen molar-refractivity contribution in [3.05, 3.63) is 94.6 Å². The lowest BCUT2D eigenvalue weighted by atomic mass is 10.1. The molecule has 0 radical (unpaired) electrons. The largest absolute Gasteiger partial charge is 0.490 e. The second-order valence-electron chi connectivity index (χ2n) is 9.53. The molecule has 2 aliphatic rings. The van der Waals surface area contributed by atoms with Gasteiger partial charge in [-0.3, -0.25) is 19.3 Å². The van der Waals surface area contributed by atoms with Gasteiger partial charge in [0, 0.05) is 31.9 Å². The van der Waals surface area contributed by atoms with E-state index in [1.807, 2.05) is 37.3 Å². The first-order valence-electron chi connectivity index (χ1n) is 13.4. The summed E-state index contributed by atoms with van der Waals surface area (Å²) in [4.78, 5) is 43.9. The molecule has 3 aromatic carbocycles. The van der Waals surface area contributed by atoms with Gasteiger partial charge in [0.25, 0.3) is 11.1 Å². The Balaban J connectivity index is 1.21. The fraction of sp³-hybridized carbons (Fsp3) is 0.258. The molecular formula is C31H30FN3O5S. The molecule has 0 bridgehead atoms. The van der Waals surface area contributed by atoms with Crippen LogP contribution in [0.2, 0.25) is 0 Å². The Bertz CT molecular complexity index is 1460. The van der Waals surface area contributed by atoms with Crippen molar-refractivity contribution in [2.75, 3.05) is 44.2 Å². The number of halogens is 1. The van der Waals surface area contributed by atoms with E-state index in [4.69, 9.17) is 9.47 Å². The number of carbonyl (C=O) groups excluding carboxylic acids is 3. The van der Waals surface area contributed by atoms with Crippen LogP contribution in [0.15, 0.2) is 77.7 Å². The van der Waals surface area contributed by atoms with Gasteiger partial charge in [0.15, 0.2) is 11.5 Å². The quantitative estimate of drug-likeness (QED) is 0.325. The summed E-state index contributed by atoms with van der Waals surface area (Å²) in [6.07, 6.45) is 1.60. The fourth-order valence-electron chi connectivity index (χ4n) is 4.67. The standard InChI is InChI=1S/C31H30FN3O5S/c1-2-39-27-18-22(11-12-26(27)40-21-23-7-6-8-24(32)17-23)19-28-30(37)35(31(38)41-28)20-29(36)34-15-13-33(14-16-34)25-9-4-3-5-10-25/h3-12,17-19H,2,13-16,20-21H2,1H3/b28-19+. The van der Waals surface area contributed by atoms with Gasteiger partial charge in [-0.1, -0.05) is 36.4 Å². The first-order valence-corrected chi connectivity index (χ1v) is 14.2. The molecule has 2 fully saturated rings. The van der Waals surface area contributed by atoms with Crippen molar-refractivity contribution in [3.8, 4) is 11.5 Å². The first-order chi connectivity index (χ1) is 19.9. The van der Waals surface area contributed by atoms with E-state index in [0.717, 1.165) is 22.3 Å². The fourth-order valence-corrected chi connectivity index (χ4v) is 5.50. The maximum absolute atomic E-state index is 13.5. The Morgan fingerprint density at radius 2 is 1.71 bits per heavy atom. The zero-order valence-corrected chi connectivity index (χ0v) is 23.4. The van der Waals surface area contributed by atoms with Gasteiger partial charge >= 0.3 is 0 Å². The highest BCUT2D eigenvalue weighted by Gasteiger charge is 2.37. The molecule has 0 aliphatic carbocycles. The van der Waals surface area contributed by atoms with Crippen molar-refractivity contribution in [2.24, 2.45) is 0 Å². The summed E-state index contributed by atoms with van der Waals surface area (Å²) in [6.45, 7) is 4.51. The van der Waals surface area contributed by atoms with Crippen molar-refractivity contribution >= 4 is 40.6 Å². The van der Waals surface area contributed by atoms with Gasteiger partial charge in [0.1, 0.15) is 19.0 Å². The minimum atomic E-state index is -0.499. The molecule has 0 N–H and O–H groups in total. The molecular weight excluding hydrogens is 545 g/mol. The Labute approximate surface area is 242 Å². The van der Waals surface area contributed by atoms with E-state index in [1.54, 1.807) is 41.3 Å². The van der Waals surface area contributed by atoms with E-state index in [2.05, 4.69) is 4.90 Å². The molecule has 8 nitrogen and oxygen atoms in total. The van der Waals surface area contributed by atoms with Crippen molar-refractivity contribution in [1.29, 1.82) is 0 Å². The third-order valence-electron chi connectivity index (χ3n) is 6.77. The summed E-state index contributed by atoms with van der Waals surface area (Å²) >= 11 is 0.807. The number of anilines is 1. The van der Waals surface area contributed by atoms with E-state index >= 15 is 0 Å². The monoisotopic (exact) mass is 575 g/mol. The predicted molar refractivity (Wildman–Crippen MR) is 156 cm³/mol. The number of amides is 3. The Morgan fingerprint density at radius 3 is 2.44 bits per heavy atom. The number of carbonyl (C=O) groups is 3.